The molecule has 5 heteroatoms. The molecule has 1 aliphatic heterocycles. The van der Waals surface area contributed by atoms with E-state index >= 15 is 0 Å². The molecule has 0 aliphatic carbocycles. The van der Waals surface area contributed by atoms with Crippen LogP contribution in [0.2, 0.25) is 0 Å². The lowest BCUT2D eigenvalue weighted by Gasteiger charge is -2.03. The number of hydrogen-bond donors (Lipinski definition) is 1. The lowest BCUT2D eigenvalue weighted by Crippen LogP contribution is -2.05. The van der Waals surface area contributed by atoms with E-state index in [0.717, 1.165) is 21.3 Å². The Labute approximate surface area is 104 Å². The van der Waals surface area contributed by atoms with Crippen molar-refractivity contribution in [1.29, 1.82) is 0 Å². The molecule has 0 fully saturated rings. The minimum Gasteiger partial charge on any atom is -0.326 e. The molecule has 17 heavy (non-hydrogen) atoms. The zero-order valence-electron chi connectivity index (χ0n) is 9.73. The molecule has 1 amide bonds. The summed E-state index contributed by atoms with van der Waals surface area (Å²) in [5.74, 6) is -0.0709. The minimum atomic E-state index is -0.0709. The number of amides is 1. The lowest BCUT2D eigenvalue weighted by atomic mass is 10.2. The highest BCUT2D eigenvalue weighted by molar-refractivity contribution is 8.17. The molecule has 88 valence electrons. The van der Waals surface area contributed by atoms with Gasteiger partial charge in [0.2, 0.25) is 5.91 Å². The Morgan fingerprint density at radius 2 is 2.06 bits per heavy atom. The van der Waals surface area contributed by atoms with Crippen LogP contribution in [0, 0.1) is 0 Å². The Morgan fingerprint density at radius 1 is 1.41 bits per heavy atom. The van der Waals surface area contributed by atoms with Crippen LogP contribution in [0.25, 0.3) is 0 Å². The Balaban J connectivity index is 2.16. The Bertz CT molecular complexity index is 493. The van der Waals surface area contributed by atoms with Crippen molar-refractivity contribution in [3.63, 3.8) is 0 Å². The van der Waals surface area contributed by atoms with E-state index in [1.165, 1.54) is 6.92 Å². The Kier molecular flexibility index (Phi) is 3.19. The van der Waals surface area contributed by atoms with Gasteiger partial charge in [-0.15, -0.1) is 0 Å². The van der Waals surface area contributed by atoms with Gasteiger partial charge in [0.15, 0.2) is 0 Å². The summed E-state index contributed by atoms with van der Waals surface area (Å²) >= 11 is 1.54. The van der Waals surface area contributed by atoms with Crippen LogP contribution in [0.3, 0.4) is 0 Å². The van der Waals surface area contributed by atoms with Crippen LogP contribution in [0.1, 0.15) is 12.5 Å². The average molecular weight is 247 g/mol. The number of carbonyl (C=O) groups excluding carboxylic acids is 1. The largest absolute Gasteiger partial charge is 0.326 e. The number of nitrogens with zero attached hydrogens (tertiary/aromatic N) is 2. The first kappa shape index (κ1) is 11.7. The van der Waals surface area contributed by atoms with Crippen LogP contribution < -0.4 is 5.32 Å². The second-order valence-electron chi connectivity index (χ2n) is 3.68. The Morgan fingerprint density at radius 3 is 2.53 bits per heavy atom. The standard InChI is InChI=1S/C12H13N3OS/c1-8(16)13-11-6-4-10(5-7-11)12-14-15(3)9(2)17-12/h4-7H,2H2,1,3H3,(H,13,16). The van der Waals surface area contributed by atoms with E-state index in [-0.39, 0.29) is 5.91 Å². The van der Waals surface area contributed by atoms with Crippen molar-refractivity contribution in [2.45, 2.75) is 6.92 Å². The van der Waals surface area contributed by atoms with Gasteiger partial charge in [0.25, 0.3) is 0 Å². The third-order valence-electron chi connectivity index (χ3n) is 2.27. The summed E-state index contributed by atoms with van der Waals surface area (Å²) in [4.78, 5) is 10.9. The SMILES string of the molecule is C=C1SC(c2ccc(NC(C)=O)cc2)=NN1C. The third-order valence-corrected chi connectivity index (χ3v) is 3.28. The van der Waals surface area contributed by atoms with Gasteiger partial charge in [-0.25, -0.2) is 0 Å². The van der Waals surface area contributed by atoms with E-state index in [0.29, 0.717) is 0 Å². The fourth-order valence-corrected chi connectivity index (χ4v) is 2.22. The van der Waals surface area contributed by atoms with Crippen LogP contribution in [0.5, 0.6) is 0 Å². The van der Waals surface area contributed by atoms with Crippen molar-refractivity contribution in [2.75, 3.05) is 12.4 Å². The zero-order valence-corrected chi connectivity index (χ0v) is 10.5. The van der Waals surface area contributed by atoms with Crippen LogP contribution in [-0.2, 0) is 4.79 Å². The van der Waals surface area contributed by atoms with Crippen LogP contribution in [-0.4, -0.2) is 23.0 Å². The molecule has 2 rings (SSSR count). The highest BCUT2D eigenvalue weighted by atomic mass is 32.2. The summed E-state index contributed by atoms with van der Waals surface area (Å²) in [7, 11) is 1.87. The smallest absolute Gasteiger partial charge is 0.221 e. The van der Waals surface area contributed by atoms with Crippen LogP contribution in [0.15, 0.2) is 41.0 Å². The fourth-order valence-electron chi connectivity index (χ4n) is 1.41. The van der Waals surface area contributed by atoms with E-state index in [1.54, 1.807) is 16.8 Å². The quantitative estimate of drug-likeness (QED) is 0.873. The minimum absolute atomic E-state index is 0.0709. The molecule has 1 aliphatic rings. The maximum Gasteiger partial charge on any atom is 0.221 e. The van der Waals surface area contributed by atoms with Crippen LogP contribution >= 0.6 is 11.8 Å². The first-order chi connectivity index (χ1) is 8.06. The molecule has 0 radical (unpaired) electrons. The highest BCUT2D eigenvalue weighted by Gasteiger charge is 2.17. The summed E-state index contributed by atoms with van der Waals surface area (Å²) in [6.45, 7) is 5.38. The van der Waals surface area contributed by atoms with Gasteiger partial charge in [-0.05, 0) is 23.9 Å². The van der Waals surface area contributed by atoms with Gasteiger partial charge in [0.1, 0.15) is 5.04 Å². The summed E-state index contributed by atoms with van der Waals surface area (Å²) in [5, 5.41) is 10.7. The molecule has 1 heterocycles. The number of carbonyl (C=O) groups is 1. The average Bonchev–Trinajstić information content (AvgIpc) is 2.59. The van der Waals surface area contributed by atoms with E-state index in [4.69, 9.17) is 0 Å². The first-order valence-electron chi connectivity index (χ1n) is 5.13. The fraction of sp³-hybridized carbons (Fsp3) is 0.167. The van der Waals surface area contributed by atoms with Gasteiger partial charge < -0.3 is 5.32 Å². The van der Waals surface area contributed by atoms with Gasteiger partial charge in [-0.2, -0.15) is 5.10 Å². The number of nitrogens with one attached hydrogen (secondary N) is 1. The van der Waals surface area contributed by atoms with Crippen LogP contribution in [0.4, 0.5) is 5.69 Å². The molecular weight excluding hydrogens is 234 g/mol. The number of thioether (sulfide) groups is 1. The molecule has 0 unspecified atom stereocenters. The molecule has 1 aromatic rings. The molecule has 0 spiro atoms. The number of rotatable bonds is 2. The predicted molar refractivity (Wildman–Crippen MR) is 71.8 cm³/mol. The highest BCUT2D eigenvalue weighted by Crippen LogP contribution is 2.30. The number of anilines is 1. The van der Waals surface area contributed by atoms with Crippen molar-refractivity contribution >= 4 is 28.4 Å². The second kappa shape index (κ2) is 4.63. The number of benzene rings is 1. The van der Waals surface area contributed by atoms with Gasteiger partial charge in [-0.3, -0.25) is 9.80 Å². The summed E-state index contributed by atoms with van der Waals surface area (Å²) in [5.41, 5.74) is 1.81. The molecule has 0 aromatic heterocycles. The number of hydrazone groups is 1. The van der Waals surface area contributed by atoms with E-state index < -0.39 is 0 Å². The molecular formula is C12H13N3OS. The molecule has 0 saturated heterocycles. The zero-order chi connectivity index (χ0) is 12.4. The molecule has 0 bridgehead atoms. The molecule has 1 aromatic carbocycles. The predicted octanol–water partition coefficient (Wildman–Crippen LogP) is 2.46. The monoisotopic (exact) mass is 247 g/mol. The van der Waals surface area contributed by atoms with E-state index in [9.17, 15) is 4.79 Å². The maximum atomic E-state index is 10.9. The van der Waals surface area contributed by atoms with Crippen molar-refractivity contribution in [1.82, 2.24) is 5.01 Å². The second-order valence-corrected chi connectivity index (χ2v) is 4.75. The maximum absolute atomic E-state index is 10.9. The third kappa shape index (κ3) is 2.68. The van der Waals surface area contributed by atoms with Gasteiger partial charge in [0, 0.05) is 25.2 Å². The number of hydrogen-bond acceptors (Lipinski definition) is 4. The molecule has 0 saturated carbocycles. The Hall–Kier alpha value is -1.75. The van der Waals surface area contributed by atoms with Crippen molar-refractivity contribution in [3.8, 4) is 0 Å². The lowest BCUT2D eigenvalue weighted by molar-refractivity contribution is -0.114. The molecule has 0 atom stereocenters. The molecule has 4 nitrogen and oxygen atoms in total. The molecule has 1 N–H and O–H groups in total. The topological polar surface area (TPSA) is 44.7 Å². The van der Waals surface area contributed by atoms with Gasteiger partial charge in [-0.1, -0.05) is 18.7 Å². The van der Waals surface area contributed by atoms with Gasteiger partial charge >= 0.3 is 0 Å². The summed E-state index contributed by atoms with van der Waals surface area (Å²) < 4.78 is 0. The van der Waals surface area contributed by atoms with Crippen molar-refractivity contribution in [2.24, 2.45) is 5.10 Å². The van der Waals surface area contributed by atoms with Crippen molar-refractivity contribution < 1.29 is 4.79 Å². The van der Waals surface area contributed by atoms with Crippen molar-refractivity contribution in [3.05, 3.63) is 41.4 Å². The van der Waals surface area contributed by atoms with E-state index in [2.05, 4.69) is 17.0 Å². The summed E-state index contributed by atoms with van der Waals surface area (Å²) in [6, 6.07) is 7.59. The van der Waals surface area contributed by atoms with E-state index in [1.807, 2.05) is 31.3 Å². The van der Waals surface area contributed by atoms with Gasteiger partial charge in [0.05, 0.1) is 5.03 Å². The normalized spacial score (nSPS) is 14.8. The first-order valence-corrected chi connectivity index (χ1v) is 5.95. The summed E-state index contributed by atoms with van der Waals surface area (Å²) in [6.07, 6.45) is 0.